The summed E-state index contributed by atoms with van der Waals surface area (Å²) >= 11 is 0. The van der Waals surface area contributed by atoms with Crippen LogP contribution in [0.3, 0.4) is 0 Å². The number of carbonyl (C=O) groups excluding carboxylic acids is 2. The summed E-state index contributed by atoms with van der Waals surface area (Å²) in [4.78, 5) is 22.9. The number of carbonyl (C=O) groups is 2. The summed E-state index contributed by atoms with van der Waals surface area (Å²) in [5.41, 5.74) is 2.57. The molecule has 0 aliphatic carbocycles. The molecule has 0 atom stereocenters. The van der Waals surface area contributed by atoms with Crippen LogP contribution in [0.2, 0.25) is 0 Å². The van der Waals surface area contributed by atoms with E-state index in [0.29, 0.717) is 0 Å². The molecule has 1 aliphatic heterocycles. The van der Waals surface area contributed by atoms with Gasteiger partial charge in [-0.15, -0.1) is 0 Å². The zero-order valence-corrected chi connectivity index (χ0v) is 11.5. The second-order valence-electron chi connectivity index (χ2n) is 4.32. The molecule has 1 aromatic rings. The first-order valence-corrected chi connectivity index (χ1v) is 7.73. The third-order valence-electron chi connectivity index (χ3n) is 2.70. The van der Waals surface area contributed by atoms with Gasteiger partial charge < -0.3 is 5.32 Å². The fourth-order valence-corrected chi connectivity index (χ4v) is 2.57. The quantitative estimate of drug-likeness (QED) is 0.836. The topological polar surface area (TPSA) is 105 Å². The first-order chi connectivity index (χ1) is 9.38. The molecule has 7 nitrogen and oxygen atoms in total. The van der Waals surface area contributed by atoms with Gasteiger partial charge in [0, 0.05) is 19.1 Å². The molecule has 1 aliphatic rings. The maximum atomic E-state index is 12.0. The summed E-state index contributed by atoms with van der Waals surface area (Å²) in [7, 11) is -3.44. The van der Waals surface area contributed by atoms with Crippen molar-refractivity contribution in [3.05, 3.63) is 24.3 Å². The molecule has 2 amide bonds. The summed E-state index contributed by atoms with van der Waals surface area (Å²) in [5, 5.41) is 6.16. The number of nitrogens with one attached hydrogen (secondary N) is 2. The Balaban J connectivity index is 2.23. The lowest BCUT2D eigenvalue weighted by Crippen LogP contribution is -2.33. The smallest absolute Gasteiger partial charge is 0.271 e. The summed E-state index contributed by atoms with van der Waals surface area (Å²) in [6.07, 6.45) is 1.47. The molecule has 1 aromatic carbocycles. The average molecular weight is 295 g/mol. The van der Waals surface area contributed by atoms with E-state index < -0.39 is 15.7 Å². The van der Waals surface area contributed by atoms with E-state index in [1.165, 1.54) is 12.1 Å². The number of nitrogens with zero attached hydrogens (tertiary/aromatic N) is 1. The van der Waals surface area contributed by atoms with Gasteiger partial charge in [-0.2, -0.15) is 5.10 Å². The van der Waals surface area contributed by atoms with Gasteiger partial charge in [-0.25, -0.2) is 13.8 Å². The SMILES string of the molecule is CS(=O)(=O)c1ccccc1NC(=O)C1=NNC(=O)CC1. The van der Waals surface area contributed by atoms with Crippen molar-refractivity contribution in [3.8, 4) is 0 Å². The minimum atomic E-state index is -3.44. The third kappa shape index (κ3) is 3.21. The highest BCUT2D eigenvalue weighted by molar-refractivity contribution is 7.90. The summed E-state index contributed by atoms with van der Waals surface area (Å²) < 4.78 is 23.2. The number of hydrogen-bond donors (Lipinski definition) is 2. The summed E-state index contributed by atoms with van der Waals surface area (Å²) in [6, 6.07) is 6.10. The Morgan fingerprint density at radius 3 is 2.60 bits per heavy atom. The van der Waals surface area contributed by atoms with Crippen molar-refractivity contribution in [1.29, 1.82) is 0 Å². The summed E-state index contributed by atoms with van der Waals surface area (Å²) in [5.74, 6) is -0.779. The Labute approximate surface area is 116 Å². The van der Waals surface area contributed by atoms with Crippen molar-refractivity contribution < 1.29 is 18.0 Å². The van der Waals surface area contributed by atoms with Gasteiger partial charge in [-0.1, -0.05) is 12.1 Å². The molecule has 106 valence electrons. The van der Waals surface area contributed by atoms with E-state index in [1.807, 2.05) is 0 Å². The average Bonchev–Trinajstić information content (AvgIpc) is 2.38. The van der Waals surface area contributed by atoms with Crippen molar-refractivity contribution in [3.63, 3.8) is 0 Å². The largest absolute Gasteiger partial charge is 0.320 e. The van der Waals surface area contributed by atoms with Gasteiger partial charge in [0.15, 0.2) is 9.84 Å². The molecule has 2 N–H and O–H groups in total. The summed E-state index contributed by atoms with van der Waals surface area (Å²) in [6.45, 7) is 0. The minimum Gasteiger partial charge on any atom is -0.320 e. The first-order valence-electron chi connectivity index (χ1n) is 5.84. The molecule has 0 unspecified atom stereocenters. The molecule has 0 aromatic heterocycles. The highest BCUT2D eigenvalue weighted by Gasteiger charge is 2.20. The number of anilines is 1. The molecule has 0 saturated heterocycles. The van der Waals surface area contributed by atoms with Crippen LogP contribution in [0.1, 0.15) is 12.8 Å². The predicted molar refractivity (Wildman–Crippen MR) is 73.0 cm³/mol. The van der Waals surface area contributed by atoms with Crippen LogP contribution >= 0.6 is 0 Å². The van der Waals surface area contributed by atoms with Gasteiger partial charge in [-0.05, 0) is 12.1 Å². The van der Waals surface area contributed by atoms with Crippen LogP contribution in [0.5, 0.6) is 0 Å². The zero-order chi connectivity index (χ0) is 14.8. The van der Waals surface area contributed by atoms with Crippen LogP contribution in [-0.2, 0) is 19.4 Å². The number of sulfone groups is 1. The molecule has 0 bridgehead atoms. The Kier molecular flexibility index (Phi) is 3.84. The normalized spacial score (nSPS) is 15.2. The van der Waals surface area contributed by atoms with Crippen molar-refractivity contribution in [1.82, 2.24) is 5.43 Å². The molecule has 1 heterocycles. The second kappa shape index (κ2) is 5.41. The number of para-hydroxylation sites is 1. The Hall–Kier alpha value is -2.22. The van der Waals surface area contributed by atoms with Crippen LogP contribution < -0.4 is 10.7 Å². The van der Waals surface area contributed by atoms with Gasteiger partial charge >= 0.3 is 0 Å². The molecule has 0 radical (unpaired) electrons. The monoisotopic (exact) mass is 295 g/mol. The van der Waals surface area contributed by atoms with Gasteiger partial charge in [0.1, 0.15) is 5.71 Å². The lowest BCUT2D eigenvalue weighted by atomic mass is 10.1. The fourth-order valence-electron chi connectivity index (χ4n) is 1.73. The van der Waals surface area contributed by atoms with E-state index in [1.54, 1.807) is 12.1 Å². The molecule has 8 heteroatoms. The van der Waals surface area contributed by atoms with Gasteiger partial charge in [0.25, 0.3) is 5.91 Å². The molecule has 2 rings (SSSR count). The van der Waals surface area contributed by atoms with Crippen molar-refractivity contribution in [2.45, 2.75) is 17.7 Å². The van der Waals surface area contributed by atoms with Crippen LogP contribution in [0.15, 0.2) is 34.3 Å². The Morgan fingerprint density at radius 2 is 2.00 bits per heavy atom. The predicted octanol–water partition coefficient (Wildman–Crippen LogP) is 0.295. The molecule has 0 fully saturated rings. The van der Waals surface area contributed by atoms with Gasteiger partial charge in [0.2, 0.25) is 5.91 Å². The van der Waals surface area contributed by atoms with Crippen LogP contribution in [0, 0.1) is 0 Å². The molecule has 0 saturated carbocycles. The van der Waals surface area contributed by atoms with E-state index in [9.17, 15) is 18.0 Å². The van der Waals surface area contributed by atoms with E-state index >= 15 is 0 Å². The van der Waals surface area contributed by atoms with Crippen LogP contribution in [0.25, 0.3) is 0 Å². The number of amides is 2. The fraction of sp³-hybridized carbons (Fsp3) is 0.250. The second-order valence-corrected chi connectivity index (χ2v) is 6.30. The number of benzene rings is 1. The third-order valence-corrected chi connectivity index (χ3v) is 3.86. The lowest BCUT2D eigenvalue weighted by molar-refractivity contribution is -0.121. The number of hydrazone groups is 1. The first kappa shape index (κ1) is 14.2. The highest BCUT2D eigenvalue weighted by Crippen LogP contribution is 2.20. The van der Waals surface area contributed by atoms with Crippen LogP contribution in [-0.4, -0.2) is 32.2 Å². The van der Waals surface area contributed by atoms with Crippen molar-refractivity contribution >= 4 is 33.1 Å². The van der Waals surface area contributed by atoms with E-state index in [2.05, 4.69) is 15.8 Å². The maximum absolute atomic E-state index is 12.0. The molecular formula is C12H13N3O4S. The van der Waals surface area contributed by atoms with E-state index in [-0.39, 0.29) is 35.0 Å². The van der Waals surface area contributed by atoms with E-state index in [0.717, 1.165) is 6.26 Å². The number of rotatable bonds is 3. The molecule has 20 heavy (non-hydrogen) atoms. The lowest BCUT2D eigenvalue weighted by Gasteiger charge is -2.13. The van der Waals surface area contributed by atoms with Crippen LogP contribution in [0.4, 0.5) is 5.69 Å². The highest BCUT2D eigenvalue weighted by atomic mass is 32.2. The van der Waals surface area contributed by atoms with Gasteiger partial charge in [0.05, 0.1) is 10.6 Å². The number of hydrogen-bond acceptors (Lipinski definition) is 5. The van der Waals surface area contributed by atoms with E-state index in [4.69, 9.17) is 0 Å². The Bertz CT molecular complexity index is 694. The maximum Gasteiger partial charge on any atom is 0.271 e. The Morgan fingerprint density at radius 1 is 1.30 bits per heavy atom. The van der Waals surface area contributed by atoms with Crippen molar-refractivity contribution in [2.75, 3.05) is 11.6 Å². The van der Waals surface area contributed by atoms with Gasteiger partial charge in [-0.3, -0.25) is 9.59 Å². The molecular weight excluding hydrogens is 282 g/mol. The standard InChI is InChI=1S/C12H13N3O4S/c1-20(18,19)10-5-3-2-4-8(10)13-12(17)9-6-7-11(16)15-14-9/h2-5H,6-7H2,1H3,(H,13,17)(H,15,16). The zero-order valence-electron chi connectivity index (χ0n) is 10.7. The molecule has 0 spiro atoms. The minimum absolute atomic E-state index is 0.0359. The van der Waals surface area contributed by atoms with Crippen molar-refractivity contribution in [2.24, 2.45) is 5.10 Å².